The van der Waals surface area contributed by atoms with E-state index in [1.165, 1.54) is 16.9 Å². The van der Waals surface area contributed by atoms with Gasteiger partial charge in [0.25, 0.3) is 0 Å². The molecule has 9 nitrogen and oxygen atoms in total. The molecule has 3 aromatic rings. The second kappa shape index (κ2) is 18.9. The normalized spacial score (nSPS) is 11.4. The smallest absolute Gasteiger partial charge is 0.210 e. The fourth-order valence-corrected chi connectivity index (χ4v) is 5.38. The van der Waals surface area contributed by atoms with Crippen LogP contribution < -0.4 is 36.6 Å². The van der Waals surface area contributed by atoms with Gasteiger partial charge in [0.05, 0.1) is 12.4 Å². The maximum atomic E-state index is 11.3. The van der Waals surface area contributed by atoms with Crippen LogP contribution in [0.5, 0.6) is 0 Å². The maximum Gasteiger partial charge on any atom is 0.210 e. The molecule has 0 spiro atoms. The van der Waals surface area contributed by atoms with Crippen LogP contribution in [-0.4, -0.2) is 53.6 Å². The van der Waals surface area contributed by atoms with Crippen molar-refractivity contribution in [2.45, 2.75) is 61.2 Å². The van der Waals surface area contributed by atoms with Crippen LogP contribution in [0.25, 0.3) is 0 Å². The highest BCUT2D eigenvalue weighted by molar-refractivity contribution is 7.88. The van der Waals surface area contributed by atoms with E-state index >= 15 is 0 Å². The van der Waals surface area contributed by atoms with E-state index in [1.54, 1.807) is 0 Å². The van der Waals surface area contributed by atoms with Crippen molar-refractivity contribution >= 4 is 38.5 Å². The van der Waals surface area contributed by atoms with E-state index in [4.69, 9.17) is 17.2 Å². The van der Waals surface area contributed by atoms with Gasteiger partial charge in [-0.1, -0.05) is 12.1 Å². The summed E-state index contributed by atoms with van der Waals surface area (Å²) in [5.74, 6) is 0. The molecule has 0 heterocycles. The molecule has 3 rings (SSSR count). The minimum Gasteiger partial charge on any atom is -0.399 e. The van der Waals surface area contributed by atoms with Crippen LogP contribution in [0, 0.1) is 6.92 Å². The number of hydrogen-bond acceptors (Lipinski definition) is 8. The second-order valence-corrected chi connectivity index (χ2v) is 12.0. The second-order valence-electron chi connectivity index (χ2n) is 10.2. The van der Waals surface area contributed by atoms with E-state index in [2.05, 4.69) is 78.6 Å². The van der Waals surface area contributed by atoms with Crippen LogP contribution in [0.4, 0.5) is 28.4 Å². The first-order valence-electron chi connectivity index (χ1n) is 15.1. The number of nitrogens with zero attached hydrogens (tertiary/aromatic N) is 3. The zero-order valence-electron chi connectivity index (χ0n) is 27.5. The summed E-state index contributed by atoms with van der Waals surface area (Å²) in [5, 5.41) is 0. The zero-order valence-corrected chi connectivity index (χ0v) is 28.3. The summed E-state index contributed by atoms with van der Waals surface area (Å²) >= 11 is 0. The minimum atomic E-state index is -3.22. The molecule has 7 N–H and O–H groups in total. The Morgan fingerprint density at radius 1 is 0.744 bits per heavy atom. The first kappa shape index (κ1) is 37.6. The minimum absolute atomic E-state index is 0.298. The van der Waals surface area contributed by atoms with Crippen molar-refractivity contribution in [2.75, 3.05) is 65.1 Å². The average molecular weight is 614 g/mol. The molecule has 0 aliphatic heterocycles. The molecule has 0 radical (unpaired) electrons. The molecule has 0 saturated carbocycles. The Hall–Kier alpha value is -3.47. The first-order valence-corrected chi connectivity index (χ1v) is 17.0. The van der Waals surface area contributed by atoms with Crippen LogP contribution >= 0.6 is 0 Å². The average Bonchev–Trinajstić information content (AvgIpc) is 2.97. The van der Waals surface area contributed by atoms with Crippen LogP contribution in [0.2, 0.25) is 0 Å². The van der Waals surface area contributed by atoms with Crippen LogP contribution in [-0.2, 0) is 16.6 Å². The van der Waals surface area contributed by atoms with Crippen molar-refractivity contribution < 1.29 is 8.42 Å². The third-order valence-electron chi connectivity index (χ3n) is 7.07. The fraction of sp³-hybridized carbons (Fsp3) is 0.455. The van der Waals surface area contributed by atoms with Gasteiger partial charge in [0.2, 0.25) is 10.0 Å². The lowest BCUT2D eigenvalue weighted by atomic mass is 10.1. The van der Waals surface area contributed by atoms with E-state index in [1.807, 2.05) is 56.0 Å². The maximum absolute atomic E-state index is 11.3. The predicted octanol–water partition coefficient (Wildman–Crippen LogP) is 5.41. The lowest BCUT2D eigenvalue weighted by Gasteiger charge is -2.30. The Morgan fingerprint density at radius 2 is 1.28 bits per heavy atom. The summed E-state index contributed by atoms with van der Waals surface area (Å²) < 4.78 is 25.1. The number of sulfonamides is 1. The number of benzene rings is 3. The number of hydrogen-bond donors (Lipinski definition) is 4. The Kier molecular flexibility index (Phi) is 16.5. The topological polar surface area (TPSA) is 134 Å². The summed E-state index contributed by atoms with van der Waals surface area (Å²) in [4.78, 5) is 6.58. The quantitative estimate of drug-likeness (QED) is 0.158. The van der Waals surface area contributed by atoms with Crippen LogP contribution in [0.15, 0.2) is 66.7 Å². The summed E-state index contributed by atoms with van der Waals surface area (Å²) in [6.45, 7) is 19.9. The molecule has 3 aromatic carbocycles. The highest BCUT2D eigenvalue weighted by Crippen LogP contribution is 2.22. The SMILES string of the molecule is CCN(CC)c1ccc(N)cc1.CCN(CC)c1cccc(CN)c1.CCN(c1ccc(N)c(C)c1)C(C)NS(C)(=O)=O. The van der Waals surface area contributed by atoms with Gasteiger partial charge in [-0.3, -0.25) is 0 Å². The van der Waals surface area contributed by atoms with Gasteiger partial charge in [-0.2, -0.15) is 4.72 Å². The van der Waals surface area contributed by atoms with E-state index in [9.17, 15) is 8.42 Å². The van der Waals surface area contributed by atoms with E-state index in [-0.39, 0.29) is 6.17 Å². The Labute approximate surface area is 261 Å². The largest absolute Gasteiger partial charge is 0.399 e. The summed E-state index contributed by atoms with van der Waals surface area (Å²) in [6.07, 6.45) is 0.860. The number of nitrogens with two attached hydrogens (primary N) is 3. The van der Waals surface area contributed by atoms with Crippen LogP contribution in [0.3, 0.4) is 0 Å². The van der Waals surface area contributed by atoms with E-state index in [0.29, 0.717) is 13.1 Å². The van der Waals surface area contributed by atoms with Gasteiger partial charge in [0, 0.05) is 67.7 Å². The van der Waals surface area contributed by atoms with Crippen LogP contribution in [0.1, 0.15) is 52.7 Å². The number of anilines is 5. The highest BCUT2D eigenvalue weighted by Gasteiger charge is 2.16. The Morgan fingerprint density at radius 3 is 1.74 bits per heavy atom. The van der Waals surface area contributed by atoms with Gasteiger partial charge >= 0.3 is 0 Å². The van der Waals surface area contributed by atoms with Gasteiger partial charge < -0.3 is 31.9 Å². The molecule has 10 heteroatoms. The lowest BCUT2D eigenvalue weighted by molar-refractivity contribution is 0.555. The van der Waals surface area contributed by atoms with Crippen molar-refractivity contribution in [1.29, 1.82) is 0 Å². The summed E-state index contributed by atoms with van der Waals surface area (Å²) in [5.41, 5.74) is 24.2. The molecular weight excluding hydrogens is 558 g/mol. The number of nitrogens with one attached hydrogen (secondary N) is 1. The van der Waals surface area contributed by atoms with Gasteiger partial charge in [-0.15, -0.1) is 0 Å². The molecular formula is C33H55N7O2S. The molecule has 0 aliphatic carbocycles. The predicted molar refractivity (Wildman–Crippen MR) is 188 cm³/mol. The van der Waals surface area contributed by atoms with Gasteiger partial charge in [-0.25, -0.2) is 8.42 Å². The van der Waals surface area contributed by atoms with Gasteiger partial charge in [0.1, 0.15) is 0 Å². The number of rotatable bonds is 12. The molecule has 0 aromatic heterocycles. The third-order valence-corrected chi connectivity index (χ3v) is 7.84. The van der Waals surface area contributed by atoms with Crippen molar-refractivity contribution in [3.8, 4) is 0 Å². The Balaban J connectivity index is 0.000000331. The number of nitrogen functional groups attached to an aromatic ring is 2. The third kappa shape index (κ3) is 13.1. The van der Waals surface area contributed by atoms with Crippen molar-refractivity contribution in [3.05, 3.63) is 77.9 Å². The van der Waals surface area contributed by atoms with Crippen molar-refractivity contribution in [2.24, 2.45) is 5.73 Å². The number of aryl methyl sites for hydroxylation is 1. The van der Waals surface area contributed by atoms with E-state index in [0.717, 1.165) is 55.1 Å². The van der Waals surface area contributed by atoms with Gasteiger partial charge in [0.15, 0.2) is 0 Å². The van der Waals surface area contributed by atoms with Crippen molar-refractivity contribution in [3.63, 3.8) is 0 Å². The molecule has 0 saturated heterocycles. The van der Waals surface area contributed by atoms with Gasteiger partial charge in [-0.05, 0) is 114 Å². The molecule has 1 atom stereocenters. The Bertz CT molecular complexity index is 1310. The van der Waals surface area contributed by atoms with Crippen molar-refractivity contribution in [1.82, 2.24) is 4.72 Å². The molecule has 43 heavy (non-hydrogen) atoms. The lowest BCUT2D eigenvalue weighted by Crippen LogP contribution is -2.46. The first-order chi connectivity index (χ1) is 20.3. The molecule has 0 amide bonds. The summed E-state index contributed by atoms with van der Waals surface area (Å²) in [6, 6.07) is 22.1. The molecule has 240 valence electrons. The fourth-order valence-electron chi connectivity index (χ4n) is 4.63. The zero-order chi connectivity index (χ0) is 32.6. The van der Waals surface area contributed by atoms with E-state index < -0.39 is 10.0 Å². The molecule has 1 unspecified atom stereocenters. The summed E-state index contributed by atoms with van der Waals surface area (Å²) in [7, 11) is -3.22. The highest BCUT2D eigenvalue weighted by atomic mass is 32.2. The monoisotopic (exact) mass is 613 g/mol. The standard InChI is InChI=1S/C12H21N3O2S.C11H18N2.C10H16N2/c1-5-15(10(3)14-18(4,16)17)11-6-7-12(13)9(2)8-11;1-3-13(4-2)11-7-5-6-10(8-11)9-12;1-3-12(4-2)10-7-5-9(11)6-8-10/h6-8,10,14H,5,13H2,1-4H3;5-8H,3-4,9,12H2,1-2H3;5-8H,3-4,11H2,1-2H3. The molecule has 0 aliphatic rings. The molecule has 0 fully saturated rings. The molecule has 0 bridgehead atoms.